The lowest BCUT2D eigenvalue weighted by atomic mass is 10.2. The zero-order valence-electron chi connectivity index (χ0n) is 8.89. The molecule has 0 rings (SSSR count). The molecule has 0 radical (unpaired) electrons. The van der Waals surface area contributed by atoms with E-state index >= 15 is 0 Å². The van der Waals surface area contributed by atoms with Crippen LogP contribution in [0.25, 0.3) is 0 Å². The van der Waals surface area contributed by atoms with Crippen molar-refractivity contribution in [3.8, 4) is 0 Å². The molecule has 80 valence electrons. The van der Waals surface area contributed by atoms with E-state index in [2.05, 4.69) is 34.8 Å². The van der Waals surface area contributed by atoms with Crippen LogP contribution >= 0.6 is 15.9 Å². The minimum atomic E-state index is 0.822. The highest BCUT2D eigenvalue weighted by Crippen LogP contribution is 1.95. The van der Waals surface area contributed by atoms with Gasteiger partial charge in [0.05, 0.1) is 13.2 Å². The summed E-state index contributed by atoms with van der Waals surface area (Å²) in [6.45, 7) is 6.17. The highest BCUT2D eigenvalue weighted by atomic mass is 79.9. The first kappa shape index (κ1) is 13.4. The lowest BCUT2D eigenvalue weighted by Gasteiger charge is -2.15. The summed E-state index contributed by atoms with van der Waals surface area (Å²) >= 11 is 3.33. The van der Waals surface area contributed by atoms with Crippen molar-refractivity contribution in [2.45, 2.75) is 26.2 Å². The van der Waals surface area contributed by atoms with E-state index in [1.54, 1.807) is 0 Å². The first-order valence-electron chi connectivity index (χ1n) is 5.13. The van der Waals surface area contributed by atoms with Gasteiger partial charge in [-0.25, -0.2) is 0 Å². The van der Waals surface area contributed by atoms with Crippen LogP contribution in [0.2, 0.25) is 0 Å². The molecule has 13 heavy (non-hydrogen) atoms. The molecular formula is C10H22BrNO. The van der Waals surface area contributed by atoms with Gasteiger partial charge in [0.2, 0.25) is 0 Å². The van der Waals surface area contributed by atoms with Gasteiger partial charge in [0.25, 0.3) is 0 Å². The van der Waals surface area contributed by atoms with Gasteiger partial charge in [-0.05, 0) is 20.0 Å². The molecule has 0 N–H and O–H groups in total. The van der Waals surface area contributed by atoms with Gasteiger partial charge in [-0.1, -0.05) is 35.7 Å². The van der Waals surface area contributed by atoms with Crippen molar-refractivity contribution in [3.63, 3.8) is 0 Å². The van der Waals surface area contributed by atoms with Crippen LogP contribution in [0.4, 0.5) is 0 Å². The van der Waals surface area contributed by atoms with E-state index in [0.29, 0.717) is 0 Å². The summed E-state index contributed by atoms with van der Waals surface area (Å²) in [5, 5.41) is 0.937. The van der Waals surface area contributed by atoms with Crippen LogP contribution in [0, 0.1) is 0 Å². The van der Waals surface area contributed by atoms with Crippen molar-refractivity contribution in [3.05, 3.63) is 0 Å². The molecule has 2 nitrogen and oxygen atoms in total. The average Bonchev–Trinajstić information content (AvgIpc) is 2.13. The Kier molecular flexibility index (Phi) is 10.8. The van der Waals surface area contributed by atoms with Crippen molar-refractivity contribution in [2.24, 2.45) is 0 Å². The second-order valence-electron chi connectivity index (χ2n) is 3.31. The number of ether oxygens (including phenoxy) is 1. The smallest absolute Gasteiger partial charge is 0.0593 e. The van der Waals surface area contributed by atoms with Crippen LogP contribution in [-0.2, 0) is 4.74 Å². The van der Waals surface area contributed by atoms with E-state index in [9.17, 15) is 0 Å². The predicted octanol–water partition coefficient (Wildman–Crippen LogP) is 2.52. The number of unbranched alkanes of at least 4 members (excludes halogenated alkanes) is 2. The predicted molar refractivity (Wildman–Crippen MR) is 61.6 cm³/mol. The normalized spacial score (nSPS) is 11.1. The van der Waals surface area contributed by atoms with Gasteiger partial charge in [-0.2, -0.15) is 0 Å². The Morgan fingerprint density at radius 3 is 2.54 bits per heavy atom. The zero-order valence-corrected chi connectivity index (χ0v) is 10.5. The summed E-state index contributed by atoms with van der Waals surface area (Å²) in [6, 6.07) is 0. The van der Waals surface area contributed by atoms with Crippen molar-refractivity contribution in [1.29, 1.82) is 0 Å². The molecule has 3 heteroatoms. The Morgan fingerprint density at radius 2 is 1.92 bits per heavy atom. The number of hydrogen-bond acceptors (Lipinski definition) is 2. The molecule has 0 aromatic heterocycles. The fourth-order valence-electron chi connectivity index (χ4n) is 1.12. The number of alkyl halides is 1. The van der Waals surface area contributed by atoms with Crippen LogP contribution in [0.3, 0.4) is 0 Å². The maximum absolute atomic E-state index is 5.37. The lowest BCUT2D eigenvalue weighted by molar-refractivity contribution is 0.124. The third-order valence-electron chi connectivity index (χ3n) is 1.98. The van der Waals surface area contributed by atoms with Gasteiger partial charge in [0, 0.05) is 11.9 Å². The second kappa shape index (κ2) is 10.5. The van der Waals surface area contributed by atoms with Gasteiger partial charge < -0.3 is 9.64 Å². The monoisotopic (exact) mass is 251 g/mol. The minimum absolute atomic E-state index is 0.822. The van der Waals surface area contributed by atoms with Gasteiger partial charge in [-0.15, -0.1) is 0 Å². The summed E-state index contributed by atoms with van der Waals surface area (Å²) in [4.78, 5) is 2.34. The number of rotatable bonds is 9. The van der Waals surface area contributed by atoms with Gasteiger partial charge in [0.1, 0.15) is 0 Å². The zero-order chi connectivity index (χ0) is 9.94. The molecule has 0 heterocycles. The Balaban J connectivity index is 3.05. The van der Waals surface area contributed by atoms with E-state index in [1.807, 2.05) is 0 Å². The SMILES string of the molecule is CCCCCN(C)CCOCCBr. The van der Waals surface area contributed by atoms with Crippen LogP contribution in [0.5, 0.6) is 0 Å². The molecule has 0 aromatic rings. The first-order valence-corrected chi connectivity index (χ1v) is 6.25. The Bertz CT molecular complexity index is 101. The average molecular weight is 252 g/mol. The molecule has 0 aliphatic heterocycles. The highest BCUT2D eigenvalue weighted by molar-refractivity contribution is 9.09. The molecule has 0 fully saturated rings. The minimum Gasteiger partial charge on any atom is -0.379 e. The van der Waals surface area contributed by atoms with Crippen molar-refractivity contribution in [1.82, 2.24) is 4.90 Å². The van der Waals surface area contributed by atoms with Crippen LogP contribution in [0.15, 0.2) is 0 Å². The molecule has 0 amide bonds. The van der Waals surface area contributed by atoms with E-state index < -0.39 is 0 Å². The van der Waals surface area contributed by atoms with Crippen molar-refractivity contribution < 1.29 is 4.74 Å². The molecule has 0 spiro atoms. The molecule has 0 aliphatic carbocycles. The summed E-state index contributed by atoms with van der Waals surface area (Å²) in [7, 11) is 2.16. The molecule has 0 saturated carbocycles. The number of halogens is 1. The second-order valence-corrected chi connectivity index (χ2v) is 4.10. The molecule has 0 saturated heterocycles. The lowest BCUT2D eigenvalue weighted by Crippen LogP contribution is -2.24. The third kappa shape index (κ3) is 10.3. The summed E-state index contributed by atoms with van der Waals surface area (Å²) in [5.41, 5.74) is 0. The summed E-state index contributed by atoms with van der Waals surface area (Å²) < 4.78 is 5.37. The molecule has 0 bridgehead atoms. The van der Waals surface area contributed by atoms with Gasteiger partial charge >= 0.3 is 0 Å². The Labute approximate surface area is 90.8 Å². The van der Waals surface area contributed by atoms with Crippen molar-refractivity contribution in [2.75, 3.05) is 38.7 Å². The fraction of sp³-hybridized carbons (Fsp3) is 1.00. The molecular weight excluding hydrogens is 230 g/mol. The number of likely N-dealkylation sites (N-methyl/N-ethyl adjacent to an activating group) is 1. The molecule has 0 atom stereocenters. The van der Waals surface area contributed by atoms with Crippen LogP contribution in [0.1, 0.15) is 26.2 Å². The largest absolute Gasteiger partial charge is 0.379 e. The third-order valence-corrected chi connectivity index (χ3v) is 2.31. The van der Waals surface area contributed by atoms with Crippen LogP contribution < -0.4 is 0 Å². The maximum atomic E-state index is 5.37. The summed E-state index contributed by atoms with van der Waals surface area (Å²) in [6.07, 6.45) is 3.95. The maximum Gasteiger partial charge on any atom is 0.0593 e. The molecule has 0 unspecified atom stereocenters. The topological polar surface area (TPSA) is 12.5 Å². The first-order chi connectivity index (χ1) is 6.31. The van der Waals surface area contributed by atoms with Gasteiger partial charge in [0.15, 0.2) is 0 Å². The van der Waals surface area contributed by atoms with Crippen molar-refractivity contribution >= 4 is 15.9 Å². The van der Waals surface area contributed by atoms with Crippen LogP contribution in [-0.4, -0.2) is 43.6 Å². The Hall–Kier alpha value is 0.400. The quantitative estimate of drug-likeness (QED) is 0.462. The Morgan fingerprint density at radius 1 is 1.15 bits per heavy atom. The van der Waals surface area contributed by atoms with E-state index in [1.165, 1.54) is 25.8 Å². The van der Waals surface area contributed by atoms with E-state index in [0.717, 1.165) is 25.1 Å². The molecule has 0 aromatic carbocycles. The fourth-order valence-corrected chi connectivity index (χ4v) is 1.35. The highest BCUT2D eigenvalue weighted by Gasteiger charge is 1.96. The standard InChI is InChI=1S/C10H22BrNO/c1-3-4-5-7-12(2)8-10-13-9-6-11/h3-10H2,1-2H3. The van der Waals surface area contributed by atoms with E-state index in [4.69, 9.17) is 4.74 Å². The number of nitrogens with zero attached hydrogens (tertiary/aromatic N) is 1. The summed E-state index contributed by atoms with van der Waals surface area (Å²) in [5.74, 6) is 0. The number of hydrogen-bond donors (Lipinski definition) is 0. The molecule has 0 aliphatic rings. The van der Waals surface area contributed by atoms with E-state index in [-0.39, 0.29) is 0 Å². The van der Waals surface area contributed by atoms with Gasteiger partial charge in [-0.3, -0.25) is 0 Å².